The van der Waals surface area contributed by atoms with E-state index in [1.54, 1.807) is 13.1 Å². The monoisotopic (exact) mass is 1200 g/mol. The molecule has 0 saturated carbocycles. The normalized spacial score (nSPS) is 13.7. The van der Waals surface area contributed by atoms with E-state index in [1.165, 1.54) is 27.1 Å². The highest BCUT2D eigenvalue weighted by atomic mass is 16.5. The number of ether oxygens (including phenoxy) is 1. The van der Waals surface area contributed by atoms with Crippen LogP contribution in [0.1, 0.15) is 95.2 Å². The molecule has 0 heterocycles. The Morgan fingerprint density at radius 1 is 0.593 bits per heavy atom. The van der Waals surface area contributed by atoms with Crippen molar-refractivity contribution in [1.82, 2.24) is 58.1 Å². The van der Waals surface area contributed by atoms with Crippen molar-refractivity contribution in [2.24, 2.45) is 21.5 Å². The fourth-order valence-electron chi connectivity index (χ4n) is 8.85. The second kappa shape index (κ2) is 39.2. The van der Waals surface area contributed by atoms with Gasteiger partial charge in [-0.1, -0.05) is 84.9 Å². The number of fused-ring (bicyclic) bond motifs is 1. The van der Waals surface area contributed by atoms with Crippen LogP contribution in [0.25, 0.3) is 10.8 Å². The Morgan fingerprint density at radius 3 is 1.65 bits per heavy atom. The third kappa shape index (κ3) is 27.5. The van der Waals surface area contributed by atoms with Crippen LogP contribution in [-0.2, 0) is 60.7 Å². The molecule has 0 aliphatic heterocycles. The summed E-state index contributed by atoms with van der Waals surface area (Å²) in [4.78, 5) is 134. The molecule has 6 atom stereocenters. The molecule has 0 aliphatic rings. The summed E-state index contributed by atoms with van der Waals surface area (Å²) < 4.78 is 5.09. The quantitative estimate of drug-likeness (QED) is 0.0121. The number of aryl methyl sites for hydroxylation is 1. The number of Topliss-reactive ketones (excluding diaryl/α,β-unsaturated/α-hetero) is 1. The topological polar surface area (TPSA) is 363 Å². The summed E-state index contributed by atoms with van der Waals surface area (Å²) in [6, 6.07) is 13.6. The molecule has 0 aliphatic carbocycles. The zero-order valence-corrected chi connectivity index (χ0v) is 51.3. The van der Waals surface area contributed by atoms with Crippen LogP contribution in [0.5, 0.6) is 0 Å². The molecule has 25 heteroatoms. The lowest BCUT2D eigenvalue weighted by molar-refractivity contribution is -0.143. The average Bonchev–Trinajstić information content (AvgIpc) is 3.27. The average molecular weight is 1200 g/mol. The van der Waals surface area contributed by atoms with Crippen LogP contribution < -0.4 is 64.6 Å². The third-order valence-corrected chi connectivity index (χ3v) is 14.2. The number of nitrogens with zero attached hydrogens (tertiary/aromatic N) is 3. The molecule has 0 radical (unpaired) electrons. The summed E-state index contributed by atoms with van der Waals surface area (Å²) in [5.41, 5.74) is 14.1. The number of ketones is 1. The van der Waals surface area contributed by atoms with E-state index in [4.69, 9.17) is 16.2 Å². The minimum atomic E-state index is -1.37. The van der Waals surface area contributed by atoms with Gasteiger partial charge < -0.3 is 74.3 Å². The summed E-state index contributed by atoms with van der Waals surface area (Å²) in [5.74, 6) is -5.60. The van der Waals surface area contributed by atoms with Crippen LogP contribution in [0, 0.1) is 6.92 Å². The Morgan fingerprint density at radius 2 is 1.08 bits per heavy atom. The summed E-state index contributed by atoms with van der Waals surface area (Å²) in [5, 5.41) is 29.6. The maximum absolute atomic E-state index is 14.8. The second-order valence-electron chi connectivity index (χ2n) is 21.4. The number of benzene rings is 3. The van der Waals surface area contributed by atoms with Gasteiger partial charge in [0.15, 0.2) is 17.7 Å². The van der Waals surface area contributed by atoms with Crippen molar-refractivity contribution in [1.29, 1.82) is 0 Å². The standard InChI is InChI=1S/C61H93N15O10/c1-10-33-86-54(80)29-28-49(58(84)72-46(41(5)77)20-15-30-67-60(62)65-7)70-53(79)38-69-55(81)50(36-43-26-27-44-17-11-12-18-45(44)34-43)75-57(83)48(21-16-31-68-61(63)66-8)73-56(82)47(19-13-14-32-76(9)39(2)3)74-59(85)51(71-52(78)37-64-6)35-42-24-22-40(4)23-25-42/h10-12,17-18,22-27,34,39,46-51,64H,1,13-16,19-21,28-33,35-38H2,2-9H3,(H,69,81)(H,70,79)(H,71,78)(H,72,84)(H,73,82)(H,74,85)(H,75,83)(H3,62,65,67)(H3,63,66,68)/t46-,47-,48+,49-,50-,51-/m0/s1. The van der Waals surface area contributed by atoms with Gasteiger partial charge in [-0.05, 0) is 122 Å². The Balaban J connectivity index is 2.00. The first-order chi connectivity index (χ1) is 41.1. The summed E-state index contributed by atoms with van der Waals surface area (Å²) >= 11 is 0. The molecule has 472 valence electrons. The fraction of sp³-hybridized carbons (Fsp3) is 0.525. The Hall–Kier alpha value is -8.45. The highest BCUT2D eigenvalue weighted by Crippen LogP contribution is 2.18. The number of likely N-dealkylation sites (N-methyl/N-ethyl adjacent to an activating group) is 1. The smallest absolute Gasteiger partial charge is 0.306 e. The van der Waals surface area contributed by atoms with E-state index in [-0.39, 0.29) is 94.8 Å². The van der Waals surface area contributed by atoms with Crippen molar-refractivity contribution in [3.8, 4) is 0 Å². The van der Waals surface area contributed by atoms with Crippen molar-refractivity contribution < 1.29 is 47.9 Å². The summed E-state index contributed by atoms with van der Waals surface area (Å²) in [7, 11) is 6.61. The van der Waals surface area contributed by atoms with E-state index >= 15 is 0 Å². The van der Waals surface area contributed by atoms with Gasteiger partial charge in [-0.15, -0.1) is 0 Å². The number of nitrogens with one attached hydrogen (secondary N) is 10. The van der Waals surface area contributed by atoms with Gasteiger partial charge in [0.05, 0.1) is 19.1 Å². The predicted molar refractivity (Wildman–Crippen MR) is 333 cm³/mol. The lowest BCUT2D eigenvalue weighted by Crippen LogP contribution is -2.59. The highest BCUT2D eigenvalue weighted by molar-refractivity contribution is 5.97. The Bertz CT molecular complexity index is 2770. The number of hydrogen-bond donors (Lipinski definition) is 12. The number of unbranched alkanes of at least 4 members (excludes halogenated alkanes) is 1. The first kappa shape index (κ1) is 71.8. The molecule has 3 rings (SSSR count). The minimum Gasteiger partial charge on any atom is -0.461 e. The number of carbonyl (C=O) groups is 9. The number of aliphatic imine (C=N–C) groups is 2. The number of esters is 1. The second-order valence-corrected chi connectivity index (χ2v) is 21.4. The van der Waals surface area contributed by atoms with Crippen LogP contribution in [0.4, 0.5) is 0 Å². The first-order valence-electron chi connectivity index (χ1n) is 29.2. The predicted octanol–water partition coefficient (Wildman–Crippen LogP) is 0.415. The first-order valence-corrected chi connectivity index (χ1v) is 29.2. The van der Waals surface area contributed by atoms with Gasteiger partial charge in [0.2, 0.25) is 41.4 Å². The van der Waals surface area contributed by atoms with E-state index < -0.39 is 90.1 Å². The van der Waals surface area contributed by atoms with Gasteiger partial charge in [0.1, 0.15) is 36.8 Å². The zero-order chi connectivity index (χ0) is 63.6. The van der Waals surface area contributed by atoms with Crippen molar-refractivity contribution in [2.45, 2.75) is 141 Å². The van der Waals surface area contributed by atoms with Crippen LogP contribution >= 0.6 is 0 Å². The highest BCUT2D eigenvalue weighted by Gasteiger charge is 2.33. The molecule has 0 aromatic heterocycles. The zero-order valence-electron chi connectivity index (χ0n) is 51.3. The van der Waals surface area contributed by atoms with Crippen LogP contribution in [-0.4, -0.2) is 180 Å². The van der Waals surface area contributed by atoms with Gasteiger partial charge in [-0.2, -0.15) is 0 Å². The number of nitrogens with two attached hydrogens (primary N) is 2. The van der Waals surface area contributed by atoms with Crippen molar-refractivity contribution >= 4 is 75.8 Å². The molecule has 86 heavy (non-hydrogen) atoms. The molecule has 3 aromatic carbocycles. The van der Waals surface area contributed by atoms with E-state index in [2.05, 4.69) is 88.5 Å². The van der Waals surface area contributed by atoms with E-state index in [0.717, 1.165) is 21.9 Å². The van der Waals surface area contributed by atoms with Gasteiger partial charge in [-0.3, -0.25) is 53.1 Å². The fourth-order valence-corrected chi connectivity index (χ4v) is 8.85. The number of carbonyl (C=O) groups excluding carboxylic acids is 9. The van der Waals surface area contributed by atoms with E-state index in [0.29, 0.717) is 37.9 Å². The number of rotatable bonds is 39. The maximum Gasteiger partial charge on any atom is 0.306 e. The van der Waals surface area contributed by atoms with Gasteiger partial charge >= 0.3 is 5.97 Å². The van der Waals surface area contributed by atoms with E-state index in [9.17, 15) is 43.2 Å². The molecular weight excluding hydrogens is 1100 g/mol. The molecule has 25 nitrogen and oxygen atoms in total. The SMILES string of the molecule is C=CCOC(=O)CC[C@H](NC(=O)CNC(=O)[C@H](Cc1ccc2ccccc2c1)NC(=O)[C@@H](CCCNC(N)=NC)NC(=O)[C@H](CCCCN(C)C(C)C)NC(=O)[C@H](Cc1ccc(C)cc1)NC(=O)CNC)C(=O)N[C@@H](CCCNC(N)=NC)C(C)=O. The molecule has 0 saturated heterocycles. The number of guanidine groups is 2. The number of hydrogen-bond acceptors (Lipinski definition) is 14. The van der Waals surface area contributed by atoms with Gasteiger partial charge in [0.25, 0.3) is 0 Å². The largest absolute Gasteiger partial charge is 0.461 e. The molecule has 0 bridgehead atoms. The minimum absolute atomic E-state index is 0.0124. The Kier molecular flexibility index (Phi) is 32.7. The van der Waals surface area contributed by atoms with Crippen LogP contribution in [0.3, 0.4) is 0 Å². The third-order valence-electron chi connectivity index (χ3n) is 14.2. The van der Waals surface area contributed by atoms with Crippen molar-refractivity contribution in [3.05, 3.63) is 96.1 Å². The molecular formula is C61H93N15O10. The van der Waals surface area contributed by atoms with Crippen molar-refractivity contribution in [2.75, 3.05) is 67.5 Å². The van der Waals surface area contributed by atoms with Crippen LogP contribution in [0.15, 0.2) is 89.4 Å². The lowest BCUT2D eigenvalue weighted by atomic mass is 10.00. The van der Waals surface area contributed by atoms with Crippen molar-refractivity contribution in [3.63, 3.8) is 0 Å². The molecule has 3 aromatic rings. The van der Waals surface area contributed by atoms with Crippen LogP contribution in [0.2, 0.25) is 0 Å². The molecule has 7 amide bonds. The Labute approximate surface area is 505 Å². The maximum atomic E-state index is 14.8. The lowest BCUT2D eigenvalue weighted by Gasteiger charge is -2.27. The van der Waals surface area contributed by atoms with Gasteiger partial charge in [0, 0.05) is 52.5 Å². The summed E-state index contributed by atoms with van der Waals surface area (Å²) in [6.07, 6.45) is 3.10. The summed E-state index contributed by atoms with van der Waals surface area (Å²) in [6.45, 7) is 11.4. The number of amides is 7. The van der Waals surface area contributed by atoms with E-state index in [1.807, 2.05) is 74.6 Å². The molecule has 0 spiro atoms. The molecule has 0 unspecified atom stereocenters. The molecule has 0 fully saturated rings. The molecule has 14 N–H and O–H groups in total. The van der Waals surface area contributed by atoms with Gasteiger partial charge in [-0.25, -0.2) is 0 Å².